The number of rotatable bonds is 22. The number of halogens is 2. The van der Waals surface area contributed by atoms with Gasteiger partial charge in [0.1, 0.15) is 16.2 Å². The monoisotopic (exact) mass is 911 g/mol. The van der Waals surface area contributed by atoms with Crippen LogP contribution >= 0.6 is 34.5 Å². The summed E-state index contributed by atoms with van der Waals surface area (Å²) in [5.41, 5.74) is 10.9. The third-order valence-corrected chi connectivity index (χ3v) is 11.7. The predicted molar refractivity (Wildman–Crippen MR) is 248 cm³/mol. The van der Waals surface area contributed by atoms with Crippen molar-refractivity contribution >= 4 is 96.8 Å². The SMILES string of the molecule is CCNC(=O)c1cc2c(-c3cc(OCCCCCCn4cc(-c5nc(Nc6ccc(NC(=O)CCCCCCC(=O)O)cc6)nc6[nH]ccc56)cn4)c(Cl)cc3Cl)nc(N)nc2s1. The third kappa shape index (κ3) is 11.8. The fourth-order valence-electron chi connectivity index (χ4n) is 6.97. The summed E-state index contributed by atoms with van der Waals surface area (Å²) in [7, 11) is 0. The van der Waals surface area contributed by atoms with Gasteiger partial charge in [0.05, 0.1) is 39.1 Å². The van der Waals surface area contributed by atoms with Crippen molar-refractivity contribution in [2.45, 2.75) is 77.7 Å². The van der Waals surface area contributed by atoms with Crippen molar-refractivity contribution in [1.29, 1.82) is 0 Å². The van der Waals surface area contributed by atoms with Crippen LogP contribution in [0.2, 0.25) is 10.0 Å². The molecule has 328 valence electrons. The number of aliphatic carboxylic acids is 1. The number of aromatic amines is 1. The van der Waals surface area contributed by atoms with Crippen molar-refractivity contribution in [2.24, 2.45) is 0 Å². The van der Waals surface area contributed by atoms with Crippen LogP contribution in [0.1, 0.15) is 80.8 Å². The smallest absolute Gasteiger partial charge is 0.303 e. The number of amides is 2. The number of carboxylic acid groups (broad SMARTS) is 1. The number of carbonyl (C=O) groups excluding carboxylic acids is 2. The summed E-state index contributed by atoms with van der Waals surface area (Å²) < 4.78 is 8.04. The van der Waals surface area contributed by atoms with E-state index >= 15 is 0 Å². The van der Waals surface area contributed by atoms with Crippen molar-refractivity contribution < 1.29 is 24.2 Å². The number of hydrogen-bond acceptors (Lipinski definition) is 12. The Morgan fingerprint density at radius 1 is 0.857 bits per heavy atom. The summed E-state index contributed by atoms with van der Waals surface area (Å²) in [6.07, 6.45) is 12.7. The number of nitrogens with two attached hydrogens (primary N) is 1. The molecule has 7 rings (SSSR count). The highest BCUT2D eigenvalue weighted by Crippen LogP contribution is 2.40. The molecule has 0 bridgehead atoms. The summed E-state index contributed by atoms with van der Waals surface area (Å²) in [5, 5.41) is 24.7. The van der Waals surface area contributed by atoms with E-state index in [-0.39, 0.29) is 24.2 Å². The van der Waals surface area contributed by atoms with E-state index in [0.29, 0.717) is 91.8 Å². The fraction of sp³-hybridized carbons (Fsp3) is 0.318. The van der Waals surface area contributed by atoms with E-state index in [1.54, 1.807) is 18.2 Å². The minimum atomic E-state index is -0.792. The second-order valence-electron chi connectivity index (χ2n) is 14.8. The Morgan fingerprint density at radius 3 is 2.41 bits per heavy atom. The van der Waals surface area contributed by atoms with Crippen molar-refractivity contribution in [3.8, 4) is 28.3 Å². The van der Waals surface area contributed by atoms with E-state index in [4.69, 9.17) is 43.8 Å². The van der Waals surface area contributed by atoms with Crippen LogP contribution in [0, 0.1) is 0 Å². The molecule has 0 saturated heterocycles. The van der Waals surface area contributed by atoms with E-state index in [1.807, 2.05) is 60.5 Å². The Kier molecular flexibility index (Phi) is 15.0. The van der Waals surface area contributed by atoms with Gasteiger partial charge in [-0.1, -0.05) is 42.5 Å². The number of hydrogen-bond donors (Lipinski definition) is 6. The molecule has 0 saturated carbocycles. The van der Waals surface area contributed by atoms with Gasteiger partial charge in [-0.3, -0.25) is 19.1 Å². The first-order valence-electron chi connectivity index (χ1n) is 20.8. The molecule has 0 unspecified atom stereocenters. The molecule has 5 aromatic heterocycles. The Bertz CT molecular complexity index is 2720. The molecule has 0 aliphatic carbocycles. The van der Waals surface area contributed by atoms with Gasteiger partial charge in [-0.2, -0.15) is 10.1 Å². The number of aromatic nitrogens is 7. The lowest BCUT2D eigenvalue weighted by Crippen LogP contribution is -2.21. The van der Waals surface area contributed by atoms with Gasteiger partial charge < -0.3 is 36.5 Å². The van der Waals surface area contributed by atoms with Crippen LogP contribution in [0.5, 0.6) is 5.75 Å². The van der Waals surface area contributed by atoms with Crippen molar-refractivity contribution in [2.75, 3.05) is 29.5 Å². The van der Waals surface area contributed by atoms with Crippen LogP contribution < -0.4 is 26.4 Å². The predicted octanol–water partition coefficient (Wildman–Crippen LogP) is 9.88. The van der Waals surface area contributed by atoms with Gasteiger partial charge in [0.15, 0.2) is 0 Å². The van der Waals surface area contributed by atoms with Gasteiger partial charge in [0.2, 0.25) is 17.8 Å². The van der Waals surface area contributed by atoms with Gasteiger partial charge in [0, 0.05) is 71.6 Å². The minimum Gasteiger partial charge on any atom is -0.492 e. The molecule has 19 heteroatoms. The molecule has 0 fully saturated rings. The summed E-state index contributed by atoms with van der Waals surface area (Å²) in [6.45, 7) is 3.54. The van der Waals surface area contributed by atoms with E-state index in [1.165, 1.54) is 11.3 Å². The molecule has 0 spiro atoms. The lowest BCUT2D eigenvalue weighted by Gasteiger charge is -2.12. The second kappa shape index (κ2) is 21.2. The molecule has 5 heterocycles. The zero-order valence-corrected chi connectivity index (χ0v) is 36.9. The summed E-state index contributed by atoms with van der Waals surface area (Å²) in [6, 6.07) is 14.4. The quantitative estimate of drug-likeness (QED) is 0.0349. The van der Waals surface area contributed by atoms with E-state index < -0.39 is 5.97 Å². The third-order valence-electron chi connectivity index (χ3n) is 10.1. The maximum absolute atomic E-state index is 12.5. The van der Waals surface area contributed by atoms with Crippen molar-refractivity contribution in [1.82, 2.24) is 40.0 Å². The standard InChI is InChI=1S/C44H47Cl2N11O5S/c1-2-48-41(61)35-22-31-39(53-43(47)56-42(31)63-35)30-21-34(33(46)23-32(30)45)62-20-10-6-5-9-19-57-25-26(24-50-57)38-29-17-18-49-40(29)55-44(54-38)52-28-15-13-27(14-16-28)51-36(58)11-7-3-4-8-12-37(59)60/h13-18,21-25H,2-12,19-20H2,1H3,(H,48,61)(H,51,58)(H,59,60)(H2,47,53,56)(H2,49,52,54,55). The lowest BCUT2D eigenvalue weighted by molar-refractivity contribution is -0.137. The largest absolute Gasteiger partial charge is 0.492 e. The average molecular weight is 913 g/mol. The molecule has 16 nitrogen and oxygen atoms in total. The Labute approximate surface area is 377 Å². The van der Waals surface area contributed by atoms with Crippen LogP contribution in [0.15, 0.2) is 67.1 Å². The van der Waals surface area contributed by atoms with Gasteiger partial charge in [-0.05, 0) is 87.6 Å². The first kappa shape index (κ1) is 44.7. The van der Waals surface area contributed by atoms with Crippen LogP contribution in [0.4, 0.5) is 23.3 Å². The number of carbonyl (C=O) groups is 3. The van der Waals surface area contributed by atoms with E-state index in [2.05, 4.69) is 41.0 Å². The summed E-state index contributed by atoms with van der Waals surface area (Å²) in [5.74, 6) is -0.117. The highest BCUT2D eigenvalue weighted by Gasteiger charge is 2.20. The number of nitrogens with zero attached hydrogens (tertiary/aromatic N) is 6. The van der Waals surface area contributed by atoms with E-state index in [0.717, 1.165) is 67.4 Å². The summed E-state index contributed by atoms with van der Waals surface area (Å²) >= 11 is 14.4. The molecule has 0 aliphatic heterocycles. The average Bonchev–Trinajstić information content (AvgIpc) is 4.03. The number of unbranched alkanes of at least 4 members (excludes halogenated alkanes) is 6. The molecule has 0 atom stereocenters. The normalized spacial score (nSPS) is 11.3. The molecule has 7 N–H and O–H groups in total. The molecule has 2 aromatic carbocycles. The van der Waals surface area contributed by atoms with Gasteiger partial charge in [0.25, 0.3) is 5.91 Å². The number of aryl methyl sites for hydroxylation is 1. The number of nitrogens with one attached hydrogen (secondary N) is 4. The molecule has 0 aliphatic rings. The molecular weight excluding hydrogens is 866 g/mol. The number of anilines is 4. The highest BCUT2D eigenvalue weighted by atomic mass is 35.5. The van der Waals surface area contributed by atoms with Crippen LogP contribution in [0.3, 0.4) is 0 Å². The first-order valence-corrected chi connectivity index (χ1v) is 22.4. The zero-order chi connectivity index (χ0) is 44.3. The highest BCUT2D eigenvalue weighted by molar-refractivity contribution is 7.20. The maximum atomic E-state index is 12.5. The molecule has 63 heavy (non-hydrogen) atoms. The van der Waals surface area contributed by atoms with Crippen LogP contribution in [-0.2, 0) is 16.1 Å². The number of carboxylic acids is 1. The topological polar surface area (TPSA) is 228 Å². The fourth-order valence-corrected chi connectivity index (χ4v) is 8.45. The Hall–Kier alpha value is -6.30. The number of H-pyrrole nitrogens is 1. The van der Waals surface area contributed by atoms with Crippen LogP contribution in [-0.4, -0.2) is 70.7 Å². The number of benzene rings is 2. The maximum Gasteiger partial charge on any atom is 0.303 e. The number of thiophene rings is 1. The molecule has 2 amide bonds. The van der Waals surface area contributed by atoms with Crippen molar-refractivity contribution in [3.05, 3.63) is 82.0 Å². The first-order chi connectivity index (χ1) is 30.5. The van der Waals surface area contributed by atoms with Crippen molar-refractivity contribution in [3.63, 3.8) is 0 Å². The molecule has 7 aromatic rings. The molecular formula is C44H47Cl2N11O5S. The van der Waals surface area contributed by atoms with Gasteiger partial charge >= 0.3 is 5.97 Å². The van der Waals surface area contributed by atoms with Gasteiger partial charge in [-0.15, -0.1) is 11.3 Å². The minimum absolute atomic E-state index is 0.0670. The second-order valence-corrected chi connectivity index (χ2v) is 16.7. The zero-order valence-electron chi connectivity index (χ0n) is 34.5. The molecule has 0 radical (unpaired) electrons. The van der Waals surface area contributed by atoms with E-state index in [9.17, 15) is 14.4 Å². The van der Waals surface area contributed by atoms with Gasteiger partial charge in [-0.25, -0.2) is 15.0 Å². The Balaban J connectivity index is 0.886. The lowest BCUT2D eigenvalue weighted by atomic mass is 10.1. The number of fused-ring (bicyclic) bond motifs is 2. The number of ether oxygens (including phenoxy) is 1. The Morgan fingerprint density at radius 2 is 1.62 bits per heavy atom. The number of nitrogen functional groups attached to an aromatic ring is 1. The summed E-state index contributed by atoms with van der Waals surface area (Å²) in [4.78, 5) is 58.2. The van der Waals surface area contributed by atoms with Crippen LogP contribution in [0.25, 0.3) is 43.8 Å².